The number of sulfonamides is 1. The molecule has 0 amide bonds. The highest BCUT2D eigenvalue weighted by atomic mass is 35.5. The van der Waals surface area contributed by atoms with E-state index in [1.54, 1.807) is 6.07 Å². The fourth-order valence-corrected chi connectivity index (χ4v) is 3.23. The summed E-state index contributed by atoms with van der Waals surface area (Å²) in [6, 6.07) is 8.63. The van der Waals surface area contributed by atoms with Crippen LogP contribution < -0.4 is 4.72 Å². The van der Waals surface area contributed by atoms with Gasteiger partial charge in [0.1, 0.15) is 12.4 Å². The lowest BCUT2D eigenvalue weighted by Gasteiger charge is -2.07. The molecule has 26 heavy (non-hydrogen) atoms. The van der Waals surface area contributed by atoms with Gasteiger partial charge in [-0.05, 0) is 30.3 Å². The lowest BCUT2D eigenvalue weighted by molar-refractivity contribution is -0.145. The lowest BCUT2D eigenvalue weighted by atomic mass is 10.4. The maximum Gasteiger partial charge on any atom is 0.373 e. The first kappa shape index (κ1) is 20.0. The summed E-state index contributed by atoms with van der Waals surface area (Å²) in [7, 11) is -2.55. The number of nitrogens with one attached hydrogen (secondary N) is 1. The van der Waals surface area contributed by atoms with Gasteiger partial charge in [-0.25, -0.2) is 17.9 Å². The Bertz CT molecular complexity index is 892. The van der Waals surface area contributed by atoms with Gasteiger partial charge in [0.05, 0.1) is 18.4 Å². The lowest BCUT2D eigenvalue weighted by Crippen LogP contribution is -2.26. The predicted octanol–water partition coefficient (Wildman–Crippen LogP) is 2.13. The van der Waals surface area contributed by atoms with Crippen molar-refractivity contribution >= 4 is 33.6 Å². The van der Waals surface area contributed by atoms with Gasteiger partial charge in [-0.3, -0.25) is 4.79 Å². The van der Waals surface area contributed by atoms with Gasteiger partial charge in [0.15, 0.2) is 0 Å². The van der Waals surface area contributed by atoms with Crippen LogP contribution >= 0.6 is 11.6 Å². The molecule has 2 aromatic rings. The molecule has 8 nitrogen and oxygen atoms in total. The number of carbonyl (C=O) groups is 2. The summed E-state index contributed by atoms with van der Waals surface area (Å²) in [5, 5.41) is 0.289. The minimum Gasteiger partial charge on any atom is -0.463 e. The van der Waals surface area contributed by atoms with E-state index in [4.69, 9.17) is 20.8 Å². The van der Waals surface area contributed by atoms with Gasteiger partial charge >= 0.3 is 11.9 Å². The minimum atomic E-state index is -3.77. The van der Waals surface area contributed by atoms with Crippen molar-refractivity contribution in [2.75, 3.05) is 13.7 Å². The largest absolute Gasteiger partial charge is 0.463 e. The summed E-state index contributed by atoms with van der Waals surface area (Å²) in [6.45, 7) is -0.323. The molecule has 0 saturated heterocycles. The van der Waals surface area contributed by atoms with E-state index in [-0.39, 0.29) is 41.0 Å². The number of esters is 2. The second-order valence-electron chi connectivity index (χ2n) is 5.02. The highest BCUT2D eigenvalue weighted by Crippen LogP contribution is 2.15. The Hall–Kier alpha value is -2.36. The van der Waals surface area contributed by atoms with E-state index in [1.165, 1.54) is 37.4 Å². The summed E-state index contributed by atoms with van der Waals surface area (Å²) in [5.41, 5.74) is 0. The Labute approximate surface area is 155 Å². The summed E-state index contributed by atoms with van der Waals surface area (Å²) in [4.78, 5) is 22.9. The third-order valence-electron chi connectivity index (χ3n) is 3.15. The zero-order valence-corrected chi connectivity index (χ0v) is 15.3. The molecule has 0 saturated carbocycles. The third kappa shape index (κ3) is 5.58. The van der Waals surface area contributed by atoms with Crippen LogP contribution in [0.25, 0.3) is 0 Å². The van der Waals surface area contributed by atoms with Crippen LogP contribution in [0.5, 0.6) is 0 Å². The first-order valence-electron chi connectivity index (χ1n) is 7.39. The van der Waals surface area contributed by atoms with E-state index < -0.39 is 22.0 Å². The molecule has 0 aliphatic carbocycles. The molecule has 2 rings (SSSR count). The SMILES string of the molecule is COC(=O)c1ccc(COC(=O)CCNS(=O)(=O)c2cccc(Cl)c2)o1. The Kier molecular flexibility index (Phi) is 6.78. The van der Waals surface area contributed by atoms with Gasteiger partial charge in [0.2, 0.25) is 15.8 Å². The average Bonchev–Trinajstić information content (AvgIpc) is 3.08. The van der Waals surface area contributed by atoms with Crippen molar-refractivity contribution in [2.45, 2.75) is 17.9 Å². The third-order valence-corrected chi connectivity index (χ3v) is 4.85. The number of hydrogen-bond donors (Lipinski definition) is 1. The van der Waals surface area contributed by atoms with Crippen molar-refractivity contribution in [3.05, 3.63) is 52.9 Å². The Morgan fingerprint density at radius 3 is 2.69 bits per heavy atom. The minimum absolute atomic E-state index is 0.00397. The maximum absolute atomic E-state index is 12.1. The van der Waals surface area contributed by atoms with Crippen molar-refractivity contribution in [1.29, 1.82) is 0 Å². The molecule has 0 atom stereocenters. The van der Waals surface area contributed by atoms with E-state index in [0.29, 0.717) is 0 Å². The summed E-state index contributed by atoms with van der Waals surface area (Å²) in [6.07, 6.45) is -0.176. The summed E-state index contributed by atoms with van der Waals surface area (Å²) >= 11 is 5.76. The number of carbonyl (C=O) groups excluding carboxylic acids is 2. The van der Waals surface area contributed by atoms with Gasteiger partial charge < -0.3 is 13.9 Å². The molecule has 0 spiro atoms. The molecule has 1 aromatic carbocycles. The number of furan rings is 1. The van der Waals surface area contributed by atoms with Crippen molar-refractivity contribution in [1.82, 2.24) is 4.72 Å². The topological polar surface area (TPSA) is 112 Å². The molecule has 0 unspecified atom stereocenters. The summed E-state index contributed by atoms with van der Waals surface area (Å²) < 4.78 is 41.0. The smallest absolute Gasteiger partial charge is 0.373 e. The van der Waals surface area contributed by atoms with Crippen LogP contribution in [0.2, 0.25) is 5.02 Å². The van der Waals surface area contributed by atoms with Crippen LogP contribution in [-0.2, 0) is 30.9 Å². The molecular weight excluding hydrogens is 386 g/mol. The van der Waals surface area contributed by atoms with Gasteiger partial charge in [-0.1, -0.05) is 17.7 Å². The molecule has 0 bridgehead atoms. The Morgan fingerprint density at radius 2 is 2.00 bits per heavy atom. The molecule has 10 heteroatoms. The molecule has 140 valence electrons. The Balaban J connectivity index is 1.78. The van der Waals surface area contributed by atoms with Gasteiger partial charge in [-0.2, -0.15) is 0 Å². The zero-order chi connectivity index (χ0) is 19.2. The number of ether oxygens (including phenoxy) is 2. The van der Waals surface area contributed by atoms with E-state index in [0.717, 1.165) is 0 Å². The quantitative estimate of drug-likeness (QED) is 0.674. The first-order valence-corrected chi connectivity index (χ1v) is 9.26. The highest BCUT2D eigenvalue weighted by molar-refractivity contribution is 7.89. The molecule has 0 aliphatic rings. The van der Waals surface area contributed by atoms with Crippen LogP contribution in [0.4, 0.5) is 0 Å². The first-order chi connectivity index (χ1) is 12.3. The normalized spacial score (nSPS) is 11.2. The summed E-state index contributed by atoms with van der Waals surface area (Å²) in [5.74, 6) is -1.01. The van der Waals surface area contributed by atoms with Crippen molar-refractivity contribution in [3.8, 4) is 0 Å². The molecular formula is C16H16ClNO7S. The van der Waals surface area contributed by atoms with Crippen LogP contribution in [-0.4, -0.2) is 34.0 Å². The number of hydrogen-bond acceptors (Lipinski definition) is 7. The second-order valence-corrected chi connectivity index (χ2v) is 7.23. The van der Waals surface area contributed by atoms with E-state index >= 15 is 0 Å². The van der Waals surface area contributed by atoms with Crippen molar-refractivity contribution in [3.63, 3.8) is 0 Å². The number of benzene rings is 1. The van der Waals surface area contributed by atoms with Crippen LogP contribution in [0, 0.1) is 0 Å². The van der Waals surface area contributed by atoms with Crippen LogP contribution in [0.1, 0.15) is 22.7 Å². The molecule has 1 N–H and O–H groups in total. The molecule has 0 radical (unpaired) electrons. The highest BCUT2D eigenvalue weighted by Gasteiger charge is 2.16. The van der Waals surface area contributed by atoms with Crippen LogP contribution in [0.3, 0.4) is 0 Å². The average molecular weight is 402 g/mol. The zero-order valence-electron chi connectivity index (χ0n) is 13.7. The fraction of sp³-hybridized carbons (Fsp3) is 0.250. The van der Waals surface area contributed by atoms with Crippen molar-refractivity contribution in [2.24, 2.45) is 0 Å². The number of methoxy groups -OCH3 is 1. The standard InChI is InChI=1S/C16H16ClNO7S/c1-23-16(20)14-6-5-12(25-14)10-24-15(19)7-8-18-26(21,22)13-4-2-3-11(17)9-13/h2-6,9,18H,7-8,10H2,1H3. The van der Waals surface area contributed by atoms with E-state index in [1.807, 2.05) is 0 Å². The monoisotopic (exact) mass is 401 g/mol. The van der Waals surface area contributed by atoms with Gasteiger partial charge in [0, 0.05) is 11.6 Å². The fourth-order valence-electron chi connectivity index (χ4n) is 1.89. The molecule has 0 fully saturated rings. The predicted molar refractivity (Wildman–Crippen MR) is 91.1 cm³/mol. The number of rotatable bonds is 8. The molecule has 1 heterocycles. The molecule has 0 aliphatic heterocycles. The molecule has 1 aromatic heterocycles. The van der Waals surface area contributed by atoms with Crippen molar-refractivity contribution < 1.29 is 31.9 Å². The van der Waals surface area contributed by atoms with Gasteiger partial charge in [-0.15, -0.1) is 0 Å². The van der Waals surface area contributed by atoms with E-state index in [9.17, 15) is 18.0 Å². The Morgan fingerprint density at radius 1 is 1.23 bits per heavy atom. The maximum atomic E-state index is 12.1. The number of halogens is 1. The van der Waals surface area contributed by atoms with Gasteiger partial charge in [0.25, 0.3) is 0 Å². The van der Waals surface area contributed by atoms with E-state index in [2.05, 4.69) is 9.46 Å². The second kappa shape index (κ2) is 8.84. The van der Waals surface area contributed by atoms with Crippen LogP contribution in [0.15, 0.2) is 45.7 Å².